The molecule has 2 N–H and O–H groups in total. The fourth-order valence-electron chi connectivity index (χ4n) is 2.27. The lowest BCUT2D eigenvalue weighted by Gasteiger charge is -2.11. The van der Waals surface area contributed by atoms with Crippen molar-refractivity contribution in [1.82, 2.24) is 19.7 Å². The van der Waals surface area contributed by atoms with Crippen molar-refractivity contribution in [3.05, 3.63) is 35.7 Å². The van der Waals surface area contributed by atoms with E-state index in [4.69, 9.17) is 4.74 Å². The zero-order valence-corrected chi connectivity index (χ0v) is 17.7. The number of hydrogen-bond acceptors (Lipinski definition) is 9. The molecule has 1 aromatic heterocycles. The van der Waals surface area contributed by atoms with Gasteiger partial charge in [-0.05, 0) is 18.6 Å². The van der Waals surface area contributed by atoms with Crippen LogP contribution < -0.4 is 14.8 Å². The molecule has 0 spiro atoms. The Morgan fingerprint density at radius 1 is 1.10 bits per heavy atom. The second kappa shape index (κ2) is 10.5. The summed E-state index contributed by atoms with van der Waals surface area (Å²) >= 11 is 0. The normalized spacial score (nSPS) is 10.9. The van der Waals surface area contributed by atoms with E-state index in [-0.39, 0.29) is 17.5 Å². The average Bonchev–Trinajstić information content (AvgIpc) is 2.72. The molecule has 11 nitrogen and oxygen atoms in total. The van der Waals surface area contributed by atoms with E-state index >= 15 is 0 Å². The molecule has 0 bridgehead atoms. The number of benzene rings is 1. The highest BCUT2D eigenvalue weighted by Crippen LogP contribution is 2.16. The third-order valence-corrected chi connectivity index (χ3v) is 5.13. The van der Waals surface area contributed by atoms with E-state index in [1.54, 1.807) is 0 Å². The average molecular weight is 437 g/mol. The Morgan fingerprint density at radius 3 is 2.50 bits per heavy atom. The molecule has 0 aliphatic carbocycles. The molecule has 12 heteroatoms. The van der Waals surface area contributed by atoms with Crippen molar-refractivity contribution in [2.75, 3.05) is 19.0 Å². The first-order chi connectivity index (χ1) is 14.3. The Hall–Kier alpha value is -3.28. The Morgan fingerprint density at radius 2 is 1.83 bits per heavy atom. The highest BCUT2D eigenvalue weighted by Gasteiger charge is 2.25. The van der Waals surface area contributed by atoms with Crippen LogP contribution in [-0.4, -0.2) is 49.1 Å². The quantitative estimate of drug-likeness (QED) is 0.443. The Bertz CT molecular complexity index is 1010. The molecule has 2 aromatic rings. The maximum atomic E-state index is 12.6. The van der Waals surface area contributed by atoms with Gasteiger partial charge < -0.3 is 9.47 Å². The summed E-state index contributed by atoms with van der Waals surface area (Å²) in [5.41, 5.74) is -0.208. The zero-order valence-electron chi connectivity index (χ0n) is 16.8. The molecule has 0 saturated carbocycles. The fraction of sp³-hybridized carbons (Fsp3) is 0.389. The first-order valence-electron chi connectivity index (χ1n) is 9.19. The second-order valence-electron chi connectivity index (χ2n) is 5.96. The van der Waals surface area contributed by atoms with Crippen LogP contribution in [0, 0.1) is 0 Å². The van der Waals surface area contributed by atoms with Gasteiger partial charge in [-0.1, -0.05) is 32.4 Å². The highest BCUT2D eigenvalue weighted by atomic mass is 32.2. The number of unbranched alkanes of at least 4 members (excludes halogenated alkanes) is 1. The topological polar surface area (TPSA) is 149 Å². The number of rotatable bonds is 9. The van der Waals surface area contributed by atoms with E-state index in [1.165, 1.54) is 24.3 Å². The van der Waals surface area contributed by atoms with E-state index in [9.17, 15) is 18.0 Å². The molecule has 2 rings (SSSR count). The maximum Gasteiger partial charge on any atom is 0.339 e. The Labute approximate surface area is 174 Å². The summed E-state index contributed by atoms with van der Waals surface area (Å²) in [6.45, 7) is 4.21. The first-order valence-corrected chi connectivity index (χ1v) is 10.7. The van der Waals surface area contributed by atoms with Gasteiger partial charge in [0.05, 0.1) is 19.3 Å². The number of hydrogen-bond donors (Lipinski definition) is 2. The standard InChI is InChI=1S/C18H23N5O6S/c1-4-6-11-29-18-20-14(5-2)19-16(22-18)21-17(25)23-30(26,27)13-10-8-7-9-12(13)15(24)28-3/h7-10H,4-6,11H2,1-3H3,(H2,19,20,21,22,23,25). The number of carbonyl (C=O) groups excluding carboxylic acids is 2. The van der Waals surface area contributed by atoms with Crippen molar-refractivity contribution >= 4 is 28.0 Å². The van der Waals surface area contributed by atoms with Crippen LogP contribution >= 0.6 is 0 Å². The van der Waals surface area contributed by atoms with Crippen molar-refractivity contribution < 1.29 is 27.5 Å². The molecule has 1 aromatic carbocycles. The molecule has 1 heterocycles. The molecule has 0 radical (unpaired) electrons. The SMILES string of the molecule is CCCCOc1nc(CC)nc(NC(=O)NS(=O)(=O)c2ccccc2C(=O)OC)n1. The van der Waals surface area contributed by atoms with Gasteiger partial charge in [-0.2, -0.15) is 15.0 Å². The van der Waals surface area contributed by atoms with Crippen LogP contribution in [0.5, 0.6) is 6.01 Å². The number of aryl methyl sites for hydroxylation is 1. The monoisotopic (exact) mass is 437 g/mol. The smallest absolute Gasteiger partial charge is 0.339 e. The van der Waals surface area contributed by atoms with Crippen LogP contribution in [-0.2, 0) is 21.2 Å². The van der Waals surface area contributed by atoms with E-state index in [2.05, 4.69) is 25.0 Å². The Balaban J connectivity index is 2.19. The van der Waals surface area contributed by atoms with Crippen molar-refractivity contribution in [3.63, 3.8) is 0 Å². The number of aromatic nitrogens is 3. The molecule has 0 aliphatic rings. The predicted octanol–water partition coefficient (Wildman–Crippen LogP) is 1.91. The minimum atomic E-state index is -4.37. The van der Waals surface area contributed by atoms with Gasteiger partial charge in [0.25, 0.3) is 10.0 Å². The number of urea groups is 1. The number of anilines is 1. The number of ether oxygens (including phenoxy) is 2. The van der Waals surface area contributed by atoms with Crippen molar-refractivity contribution in [2.24, 2.45) is 0 Å². The predicted molar refractivity (Wildman–Crippen MR) is 107 cm³/mol. The molecule has 0 saturated heterocycles. The Kier molecular flexibility index (Phi) is 8.04. The molecule has 2 amide bonds. The highest BCUT2D eigenvalue weighted by molar-refractivity contribution is 7.90. The first kappa shape index (κ1) is 23.0. The van der Waals surface area contributed by atoms with E-state index in [0.29, 0.717) is 18.9 Å². The number of nitrogens with one attached hydrogen (secondary N) is 2. The minimum absolute atomic E-state index is 0.0319. The van der Waals surface area contributed by atoms with Crippen LogP contribution in [0.25, 0.3) is 0 Å². The number of carbonyl (C=O) groups is 2. The van der Waals surface area contributed by atoms with Gasteiger partial charge in [-0.25, -0.2) is 22.7 Å². The van der Waals surface area contributed by atoms with Crippen LogP contribution in [0.2, 0.25) is 0 Å². The fourth-order valence-corrected chi connectivity index (χ4v) is 3.37. The van der Waals surface area contributed by atoms with Gasteiger partial charge in [0.2, 0.25) is 5.95 Å². The van der Waals surface area contributed by atoms with E-state index < -0.39 is 26.9 Å². The maximum absolute atomic E-state index is 12.6. The number of nitrogens with zero attached hydrogens (tertiary/aromatic N) is 3. The lowest BCUT2D eigenvalue weighted by atomic mass is 10.2. The number of sulfonamides is 1. The molecule has 0 aliphatic heterocycles. The summed E-state index contributed by atoms with van der Waals surface area (Å²) in [6.07, 6.45) is 2.17. The second-order valence-corrected chi connectivity index (χ2v) is 7.61. The van der Waals surface area contributed by atoms with Gasteiger partial charge >= 0.3 is 18.0 Å². The zero-order chi connectivity index (χ0) is 22.1. The lowest BCUT2D eigenvalue weighted by Crippen LogP contribution is -2.35. The third kappa shape index (κ3) is 6.11. The van der Waals surface area contributed by atoms with Crippen molar-refractivity contribution in [1.29, 1.82) is 0 Å². The molecular formula is C18H23N5O6S. The summed E-state index contributed by atoms with van der Waals surface area (Å²) in [7, 11) is -3.25. The third-order valence-electron chi connectivity index (χ3n) is 3.74. The molecule has 30 heavy (non-hydrogen) atoms. The lowest BCUT2D eigenvalue weighted by molar-refractivity contribution is 0.0596. The van der Waals surface area contributed by atoms with Crippen LogP contribution in [0.4, 0.5) is 10.7 Å². The van der Waals surface area contributed by atoms with Gasteiger partial charge in [0.1, 0.15) is 10.7 Å². The summed E-state index contributed by atoms with van der Waals surface area (Å²) in [4.78, 5) is 35.8. The summed E-state index contributed by atoms with van der Waals surface area (Å²) in [5.74, 6) is -0.650. The van der Waals surface area contributed by atoms with Crippen molar-refractivity contribution in [2.45, 2.75) is 38.0 Å². The summed E-state index contributed by atoms with van der Waals surface area (Å²) in [6, 6.07) is 4.27. The van der Waals surface area contributed by atoms with Gasteiger partial charge in [-0.15, -0.1) is 0 Å². The van der Waals surface area contributed by atoms with Crippen LogP contribution in [0.3, 0.4) is 0 Å². The van der Waals surface area contributed by atoms with E-state index in [0.717, 1.165) is 20.0 Å². The minimum Gasteiger partial charge on any atom is -0.465 e. The van der Waals surface area contributed by atoms with Crippen molar-refractivity contribution in [3.8, 4) is 6.01 Å². The number of amides is 2. The van der Waals surface area contributed by atoms with Crippen LogP contribution in [0.15, 0.2) is 29.2 Å². The number of methoxy groups -OCH3 is 1. The van der Waals surface area contributed by atoms with Gasteiger partial charge in [0.15, 0.2) is 0 Å². The molecule has 0 unspecified atom stereocenters. The van der Waals surface area contributed by atoms with Crippen LogP contribution in [0.1, 0.15) is 42.9 Å². The molecule has 162 valence electrons. The molecule has 0 atom stereocenters. The summed E-state index contributed by atoms with van der Waals surface area (Å²) < 4.78 is 37.0. The van der Waals surface area contributed by atoms with Gasteiger partial charge in [-0.3, -0.25) is 5.32 Å². The largest absolute Gasteiger partial charge is 0.465 e. The number of esters is 1. The molecular weight excluding hydrogens is 414 g/mol. The van der Waals surface area contributed by atoms with E-state index in [1.807, 2.05) is 18.6 Å². The van der Waals surface area contributed by atoms with Gasteiger partial charge in [0, 0.05) is 6.42 Å². The molecule has 0 fully saturated rings. The summed E-state index contributed by atoms with van der Waals surface area (Å²) in [5, 5.41) is 2.25.